The van der Waals surface area contributed by atoms with Crippen molar-refractivity contribution in [1.82, 2.24) is 5.32 Å². The molecule has 2 aromatic carbocycles. The van der Waals surface area contributed by atoms with Gasteiger partial charge in [-0.15, -0.1) is 12.4 Å². The third-order valence-electron chi connectivity index (χ3n) is 3.91. The summed E-state index contributed by atoms with van der Waals surface area (Å²) in [5, 5.41) is 3.42. The molecule has 0 spiro atoms. The molecule has 0 saturated carbocycles. The molecule has 138 valence electrons. The van der Waals surface area contributed by atoms with Crippen LogP contribution < -0.4 is 10.1 Å². The molecule has 0 radical (unpaired) electrons. The summed E-state index contributed by atoms with van der Waals surface area (Å²) >= 11 is 7.04. The van der Waals surface area contributed by atoms with Gasteiger partial charge in [0, 0.05) is 14.5 Å². The average molecular weight is 502 g/mol. The number of benzene rings is 2. The van der Waals surface area contributed by atoms with Crippen molar-refractivity contribution in [3.63, 3.8) is 0 Å². The van der Waals surface area contributed by atoms with Gasteiger partial charge in [0.25, 0.3) is 0 Å². The summed E-state index contributed by atoms with van der Waals surface area (Å²) in [6, 6.07) is 18.3. The highest BCUT2D eigenvalue weighted by Gasteiger charge is 2.08. The number of hydrogen-bond acceptors (Lipinski definition) is 3. The quantitative estimate of drug-likeness (QED) is 0.390. The molecular formula is C20H20Br2ClNO2. The molecule has 0 bridgehead atoms. The standard InChI is InChI=1S/C20H19Br2NO2.ClH/c1-24-16-5-2-14(3-6-16)10-11-23-13-17-7-9-20(25-17)18-8-4-15(21)12-19(18)22;/h2-9,12,23H,10-11,13H2,1H3;1H. The summed E-state index contributed by atoms with van der Waals surface area (Å²) in [4.78, 5) is 0. The third kappa shape index (κ3) is 5.61. The first kappa shape index (κ1) is 21.0. The lowest BCUT2D eigenvalue weighted by Gasteiger charge is -2.05. The summed E-state index contributed by atoms with van der Waals surface area (Å²) in [6.45, 7) is 1.61. The Morgan fingerprint density at radius 2 is 1.77 bits per heavy atom. The Morgan fingerprint density at radius 1 is 1.00 bits per heavy atom. The first-order valence-corrected chi connectivity index (χ1v) is 9.62. The van der Waals surface area contributed by atoms with Gasteiger partial charge in [-0.25, -0.2) is 0 Å². The molecule has 3 rings (SSSR count). The lowest BCUT2D eigenvalue weighted by molar-refractivity contribution is 0.414. The van der Waals surface area contributed by atoms with E-state index >= 15 is 0 Å². The molecule has 0 atom stereocenters. The van der Waals surface area contributed by atoms with Crippen LogP contribution in [0.2, 0.25) is 0 Å². The van der Waals surface area contributed by atoms with Crippen LogP contribution in [0, 0.1) is 0 Å². The van der Waals surface area contributed by atoms with Gasteiger partial charge in [-0.05, 0) is 76.9 Å². The minimum absolute atomic E-state index is 0. The van der Waals surface area contributed by atoms with Gasteiger partial charge in [-0.2, -0.15) is 0 Å². The SMILES string of the molecule is COc1ccc(CCNCc2ccc(-c3ccc(Br)cc3Br)o2)cc1.Cl. The second-order valence-corrected chi connectivity index (χ2v) is 7.43. The highest BCUT2D eigenvalue weighted by atomic mass is 79.9. The van der Waals surface area contributed by atoms with E-state index in [-0.39, 0.29) is 12.4 Å². The maximum absolute atomic E-state index is 5.95. The number of furan rings is 1. The Balaban J connectivity index is 0.00000243. The van der Waals surface area contributed by atoms with Crippen molar-refractivity contribution >= 4 is 44.3 Å². The molecule has 0 fully saturated rings. The topological polar surface area (TPSA) is 34.4 Å². The Kier molecular flexibility index (Phi) is 8.22. The molecule has 1 N–H and O–H groups in total. The predicted octanol–water partition coefficient (Wildman–Crippen LogP) is 6.23. The Morgan fingerprint density at radius 3 is 2.46 bits per heavy atom. The lowest BCUT2D eigenvalue weighted by Crippen LogP contribution is -2.16. The van der Waals surface area contributed by atoms with Crippen LogP contribution in [0.25, 0.3) is 11.3 Å². The minimum atomic E-state index is 0. The number of rotatable bonds is 7. The second-order valence-electron chi connectivity index (χ2n) is 5.66. The normalized spacial score (nSPS) is 10.4. The molecule has 26 heavy (non-hydrogen) atoms. The highest BCUT2D eigenvalue weighted by Crippen LogP contribution is 2.31. The molecule has 6 heteroatoms. The van der Waals surface area contributed by atoms with Gasteiger partial charge in [0.05, 0.1) is 13.7 Å². The summed E-state index contributed by atoms with van der Waals surface area (Å²) < 4.78 is 13.2. The number of methoxy groups -OCH3 is 1. The molecule has 1 heterocycles. The Bertz CT molecular complexity index is 834. The molecular weight excluding hydrogens is 481 g/mol. The molecule has 3 nitrogen and oxygen atoms in total. The van der Waals surface area contributed by atoms with E-state index in [1.165, 1.54) is 5.56 Å². The lowest BCUT2D eigenvalue weighted by atomic mass is 10.1. The van der Waals surface area contributed by atoms with Gasteiger partial charge >= 0.3 is 0 Å². The van der Waals surface area contributed by atoms with E-state index in [1.807, 2.05) is 42.5 Å². The zero-order valence-electron chi connectivity index (χ0n) is 14.3. The molecule has 0 aliphatic carbocycles. The predicted molar refractivity (Wildman–Crippen MR) is 115 cm³/mol. The maximum Gasteiger partial charge on any atom is 0.135 e. The van der Waals surface area contributed by atoms with E-state index in [0.717, 1.165) is 44.7 Å². The van der Waals surface area contributed by atoms with Gasteiger partial charge in [-0.1, -0.05) is 28.1 Å². The highest BCUT2D eigenvalue weighted by molar-refractivity contribution is 9.11. The van der Waals surface area contributed by atoms with Crippen LogP contribution in [0.15, 0.2) is 68.0 Å². The fourth-order valence-electron chi connectivity index (χ4n) is 2.54. The molecule has 3 aromatic rings. The van der Waals surface area contributed by atoms with Crippen LogP contribution in [-0.2, 0) is 13.0 Å². The van der Waals surface area contributed by atoms with Gasteiger partial charge in [0.2, 0.25) is 0 Å². The van der Waals surface area contributed by atoms with E-state index in [0.29, 0.717) is 6.54 Å². The van der Waals surface area contributed by atoms with Crippen molar-refractivity contribution in [2.45, 2.75) is 13.0 Å². The van der Waals surface area contributed by atoms with Crippen LogP contribution in [0.1, 0.15) is 11.3 Å². The van der Waals surface area contributed by atoms with Crippen molar-refractivity contribution in [2.75, 3.05) is 13.7 Å². The monoisotopic (exact) mass is 499 g/mol. The fraction of sp³-hybridized carbons (Fsp3) is 0.200. The summed E-state index contributed by atoms with van der Waals surface area (Å²) in [6.07, 6.45) is 0.968. The minimum Gasteiger partial charge on any atom is -0.497 e. The Labute approximate surface area is 176 Å². The summed E-state index contributed by atoms with van der Waals surface area (Å²) in [7, 11) is 1.68. The largest absolute Gasteiger partial charge is 0.497 e. The number of hydrogen-bond donors (Lipinski definition) is 1. The zero-order chi connectivity index (χ0) is 17.6. The smallest absolute Gasteiger partial charge is 0.135 e. The number of halogens is 3. The number of nitrogens with one attached hydrogen (secondary N) is 1. The van der Waals surface area contributed by atoms with Crippen molar-refractivity contribution in [2.24, 2.45) is 0 Å². The van der Waals surface area contributed by atoms with Gasteiger partial charge < -0.3 is 14.5 Å². The molecule has 0 saturated heterocycles. The van der Waals surface area contributed by atoms with Crippen molar-refractivity contribution in [3.05, 3.63) is 74.9 Å². The number of ether oxygens (including phenoxy) is 1. The molecule has 0 unspecified atom stereocenters. The van der Waals surface area contributed by atoms with Gasteiger partial charge in [0.15, 0.2) is 0 Å². The van der Waals surface area contributed by atoms with E-state index < -0.39 is 0 Å². The van der Waals surface area contributed by atoms with Crippen molar-refractivity contribution in [1.29, 1.82) is 0 Å². The van der Waals surface area contributed by atoms with E-state index in [1.54, 1.807) is 7.11 Å². The molecule has 0 amide bonds. The summed E-state index contributed by atoms with van der Waals surface area (Å²) in [5.41, 5.74) is 2.33. The first-order chi connectivity index (χ1) is 12.2. The van der Waals surface area contributed by atoms with E-state index in [2.05, 4.69) is 49.3 Å². The second kappa shape index (κ2) is 10.2. The van der Waals surface area contributed by atoms with Crippen LogP contribution in [0.4, 0.5) is 0 Å². The van der Waals surface area contributed by atoms with Crippen LogP contribution in [0.5, 0.6) is 5.75 Å². The van der Waals surface area contributed by atoms with Gasteiger partial charge in [-0.3, -0.25) is 0 Å². The molecule has 0 aliphatic heterocycles. The summed E-state index contributed by atoms with van der Waals surface area (Å²) in [5.74, 6) is 2.69. The van der Waals surface area contributed by atoms with Crippen LogP contribution in [-0.4, -0.2) is 13.7 Å². The maximum atomic E-state index is 5.95. The molecule has 0 aliphatic rings. The van der Waals surface area contributed by atoms with E-state index in [4.69, 9.17) is 9.15 Å². The van der Waals surface area contributed by atoms with Crippen LogP contribution in [0.3, 0.4) is 0 Å². The third-order valence-corrected chi connectivity index (χ3v) is 5.06. The fourth-order valence-corrected chi connectivity index (χ4v) is 3.79. The zero-order valence-corrected chi connectivity index (χ0v) is 18.3. The van der Waals surface area contributed by atoms with E-state index in [9.17, 15) is 0 Å². The van der Waals surface area contributed by atoms with Crippen molar-refractivity contribution in [3.8, 4) is 17.1 Å². The molecule has 1 aromatic heterocycles. The van der Waals surface area contributed by atoms with Crippen molar-refractivity contribution < 1.29 is 9.15 Å². The first-order valence-electron chi connectivity index (χ1n) is 8.03. The van der Waals surface area contributed by atoms with Crippen LogP contribution >= 0.6 is 44.3 Å². The Hall–Kier alpha value is -1.27. The average Bonchev–Trinajstić information content (AvgIpc) is 3.08. The van der Waals surface area contributed by atoms with Gasteiger partial charge in [0.1, 0.15) is 17.3 Å².